The quantitative estimate of drug-likeness (QED) is 0.608. The first-order valence-electron chi connectivity index (χ1n) is 6.88. The van der Waals surface area contributed by atoms with Gasteiger partial charge in [-0.1, -0.05) is 12.1 Å². The first kappa shape index (κ1) is 15.5. The third kappa shape index (κ3) is 4.84. The summed E-state index contributed by atoms with van der Waals surface area (Å²) in [5.74, 6) is -0.0343. The van der Waals surface area contributed by atoms with Crippen LogP contribution < -0.4 is 11.1 Å². The van der Waals surface area contributed by atoms with Crippen LogP contribution in [0.5, 0.6) is 0 Å². The van der Waals surface area contributed by atoms with Crippen molar-refractivity contribution in [2.45, 2.75) is 19.8 Å². The Bertz CT molecular complexity index is 581. The van der Waals surface area contributed by atoms with Gasteiger partial charge >= 0.3 is 0 Å². The second kappa shape index (κ2) is 7.75. The summed E-state index contributed by atoms with van der Waals surface area (Å²) in [4.78, 5) is 16.2. The number of aromatic nitrogens is 1. The van der Waals surface area contributed by atoms with Gasteiger partial charge in [-0.05, 0) is 25.5 Å². The van der Waals surface area contributed by atoms with E-state index in [1.54, 1.807) is 0 Å². The van der Waals surface area contributed by atoms with Crippen molar-refractivity contribution in [3.8, 4) is 11.3 Å². The summed E-state index contributed by atoms with van der Waals surface area (Å²) in [6, 6.07) is 7.50. The molecule has 0 bridgehead atoms. The van der Waals surface area contributed by atoms with E-state index < -0.39 is 0 Å². The molecule has 2 rings (SSSR count). The molecular formula is C15H19N3O2S. The molecule has 0 aliphatic heterocycles. The van der Waals surface area contributed by atoms with Gasteiger partial charge in [0.25, 0.3) is 0 Å². The van der Waals surface area contributed by atoms with E-state index in [4.69, 9.17) is 10.5 Å². The number of ether oxygens (including phenoxy) is 1. The van der Waals surface area contributed by atoms with Crippen LogP contribution in [0.25, 0.3) is 11.3 Å². The lowest BCUT2D eigenvalue weighted by Gasteiger charge is -2.02. The van der Waals surface area contributed by atoms with Gasteiger partial charge in [0.05, 0.1) is 5.69 Å². The molecule has 1 aromatic heterocycles. The highest BCUT2D eigenvalue weighted by Gasteiger charge is 2.08. The van der Waals surface area contributed by atoms with Gasteiger partial charge < -0.3 is 15.8 Å². The number of rotatable bonds is 7. The van der Waals surface area contributed by atoms with Gasteiger partial charge in [-0.2, -0.15) is 0 Å². The number of carbonyl (C=O) groups excluding carboxylic acids is 1. The Kier molecular flexibility index (Phi) is 5.71. The van der Waals surface area contributed by atoms with Crippen molar-refractivity contribution in [2.24, 2.45) is 0 Å². The molecular weight excluding hydrogens is 286 g/mol. The maximum Gasteiger partial charge on any atom is 0.226 e. The van der Waals surface area contributed by atoms with E-state index in [1.807, 2.05) is 36.6 Å². The van der Waals surface area contributed by atoms with Gasteiger partial charge in [-0.3, -0.25) is 4.79 Å². The summed E-state index contributed by atoms with van der Waals surface area (Å²) in [5, 5.41) is 5.34. The first-order valence-corrected chi connectivity index (χ1v) is 7.76. The van der Waals surface area contributed by atoms with Gasteiger partial charge in [0, 0.05) is 36.3 Å². The largest absolute Gasteiger partial charge is 0.399 e. The number of benzene rings is 1. The molecule has 3 N–H and O–H groups in total. The summed E-state index contributed by atoms with van der Waals surface area (Å²) in [6.45, 7) is 3.23. The maximum atomic E-state index is 11.7. The van der Waals surface area contributed by atoms with E-state index in [0.29, 0.717) is 24.8 Å². The van der Waals surface area contributed by atoms with Crippen LogP contribution >= 0.6 is 11.3 Å². The molecule has 0 aliphatic rings. The van der Waals surface area contributed by atoms with E-state index in [-0.39, 0.29) is 5.91 Å². The molecule has 0 unspecified atom stereocenters. The minimum atomic E-state index is -0.0343. The summed E-state index contributed by atoms with van der Waals surface area (Å²) in [5.41, 5.74) is 8.20. The normalized spacial score (nSPS) is 10.5. The fraction of sp³-hybridized carbons (Fsp3) is 0.333. The van der Waals surface area contributed by atoms with Gasteiger partial charge in [0.1, 0.15) is 0 Å². The van der Waals surface area contributed by atoms with Crippen molar-refractivity contribution >= 4 is 28.1 Å². The zero-order valence-electron chi connectivity index (χ0n) is 12.0. The predicted octanol–water partition coefficient (Wildman–Crippen LogP) is 3.15. The number of nitrogen functional groups attached to an aromatic ring is 1. The van der Waals surface area contributed by atoms with Crippen LogP contribution in [0.2, 0.25) is 0 Å². The zero-order valence-corrected chi connectivity index (χ0v) is 12.8. The number of anilines is 2. The highest BCUT2D eigenvalue weighted by molar-refractivity contribution is 7.14. The van der Waals surface area contributed by atoms with E-state index in [1.165, 1.54) is 11.3 Å². The molecule has 1 amide bonds. The smallest absolute Gasteiger partial charge is 0.226 e. The molecule has 5 nitrogen and oxygen atoms in total. The van der Waals surface area contributed by atoms with Crippen LogP contribution in [0.1, 0.15) is 19.8 Å². The maximum absolute atomic E-state index is 11.7. The van der Waals surface area contributed by atoms with Crippen molar-refractivity contribution in [1.82, 2.24) is 4.98 Å². The highest BCUT2D eigenvalue weighted by Crippen LogP contribution is 2.25. The molecule has 6 heteroatoms. The number of hydrogen-bond donors (Lipinski definition) is 2. The molecule has 0 saturated heterocycles. The lowest BCUT2D eigenvalue weighted by atomic mass is 10.1. The van der Waals surface area contributed by atoms with Crippen LogP contribution in [0, 0.1) is 0 Å². The molecule has 0 atom stereocenters. The van der Waals surface area contributed by atoms with E-state index in [9.17, 15) is 4.79 Å². The van der Waals surface area contributed by atoms with Crippen molar-refractivity contribution in [2.75, 3.05) is 24.3 Å². The fourth-order valence-corrected chi connectivity index (χ4v) is 2.51. The minimum Gasteiger partial charge on any atom is -0.399 e. The molecule has 112 valence electrons. The fourth-order valence-electron chi connectivity index (χ4n) is 1.78. The molecule has 2 aromatic rings. The van der Waals surface area contributed by atoms with Gasteiger partial charge in [-0.25, -0.2) is 4.98 Å². The van der Waals surface area contributed by atoms with E-state index >= 15 is 0 Å². The second-order valence-electron chi connectivity index (χ2n) is 4.51. The first-order chi connectivity index (χ1) is 10.2. The molecule has 0 spiro atoms. The lowest BCUT2D eigenvalue weighted by Crippen LogP contribution is -2.12. The van der Waals surface area contributed by atoms with Gasteiger partial charge in [-0.15, -0.1) is 11.3 Å². The third-order valence-corrected chi connectivity index (χ3v) is 3.61. The Hall–Kier alpha value is -1.92. The lowest BCUT2D eigenvalue weighted by molar-refractivity contribution is -0.116. The van der Waals surface area contributed by atoms with Crippen molar-refractivity contribution in [3.63, 3.8) is 0 Å². The summed E-state index contributed by atoms with van der Waals surface area (Å²) < 4.78 is 5.20. The summed E-state index contributed by atoms with van der Waals surface area (Å²) in [7, 11) is 0. The Morgan fingerprint density at radius 1 is 1.38 bits per heavy atom. The zero-order chi connectivity index (χ0) is 15.1. The van der Waals surface area contributed by atoms with Crippen LogP contribution in [-0.2, 0) is 9.53 Å². The van der Waals surface area contributed by atoms with E-state index in [0.717, 1.165) is 23.4 Å². The number of thiazole rings is 1. The highest BCUT2D eigenvalue weighted by atomic mass is 32.1. The molecule has 1 aromatic carbocycles. The average molecular weight is 305 g/mol. The second-order valence-corrected chi connectivity index (χ2v) is 5.37. The molecule has 0 fully saturated rings. The molecule has 21 heavy (non-hydrogen) atoms. The molecule has 0 saturated carbocycles. The summed E-state index contributed by atoms with van der Waals surface area (Å²) >= 11 is 1.42. The van der Waals surface area contributed by atoms with Gasteiger partial charge in [0.2, 0.25) is 5.91 Å². The standard InChI is InChI=1S/C15H19N3O2S/c1-2-20-9-3-4-14(19)18-15-17-13(10-21-15)11-5-7-12(16)8-6-11/h5-8,10H,2-4,9,16H2,1H3,(H,17,18,19). The Labute approximate surface area is 128 Å². The van der Waals surface area contributed by atoms with Crippen molar-refractivity contribution in [3.05, 3.63) is 29.6 Å². The molecule has 0 aliphatic carbocycles. The molecule has 1 heterocycles. The Balaban J connectivity index is 1.88. The van der Waals surface area contributed by atoms with Crippen molar-refractivity contribution in [1.29, 1.82) is 0 Å². The van der Waals surface area contributed by atoms with Crippen LogP contribution in [-0.4, -0.2) is 24.1 Å². The number of nitrogens with two attached hydrogens (primary N) is 1. The number of carbonyl (C=O) groups is 1. The minimum absolute atomic E-state index is 0.0343. The average Bonchev–Trinajstić information content (AvgIpc) is 2.93. The molecule has 0 radical (unpaired) electrons. The Morgan fingerprint density at radius 3 is 2.86 bits per heavy atom. The van der Waals surface area contributed by atoms with Crippen LogP contribution in [0.4, 0.5) is 10.8 Å². The van der Waals surface area contributed by atoms with E-state index in [2.05, 4.69) is 10.3 Å². The summed E-state index contributed by atoms with van der Waals surface area (Å²) in [6.07, 6.45) is 1.16. The SMILES string of the molecule is CCOCCCC(=O)Nc1nc(-c2ccc(N)cc2)cs1. The topological polar surface area (TPSA) is 77.2 Å². The number of nitrogens with one attached hydrogen (secondary N) is 1. The Morgan fingerprint density at radius 2 is 2.14 bits per heavy atom. The van der Waals surface area contributed by atoms with Gasteiger partial charge in [0.15, 0.2) is 5.13 Å². The predicted molar refractivity (Wildman–Crippen MR) is 86.3 cm³/mol. The van der Waals surface area contributed by atoms with Crippen LogP contribution in [0.3, 0.4) is 0 Å². The number of amides is 1. The van der Waals surface area contributed by atoms with Crippen molar-refractivity contribution < 1.29 is 9.53 Å². The number of nitrogens with zero attached hydrogens (tertiary/aromatic N) is 1. The number of hydrogen-bond acceptors (Lipinski definition) is 5. The third-order valence-electron chi connectivity index (χ3n) is 2.85. The van der Waals surface area contributed by atoms with Crippen LogP contribution in [0.15, 0.2) is 29.6 Å². The monoisotopic (exact) mass is 305 g/mol.